The van der Waals surface area contributed by atoms with Gasteiger partial charge in [-0.2, -0.15) is 11.8 Å². The maximum atomic E-state index is 14.3. The molecule has 1 aliphatic rings. The van der Waals surface area contributed by atoms with Crippen molar-refractivity contribution in [3.05, 3.63) is 34.9 Å². The van der Waals surface area contributed by atoms with E-state index in [2.05, 4.69) is 17.6 Å². The largest absolute Gasteiger partial charge is 0.444 e. The molecule has 0 bridgehead atoms. The number of aryl methyl sites for hydroxylation is 2. The van der Waals surface area contributed by atoms with Crippen LogP contribution in [0.1, 0.15) is 95.9 Å². The first-order chi connectivity index (χ1) is 17.4. The Hall–Kier alpha value is -2.22. The number of carbonyl (C=O) groups is 3. The quantitative estimate of drug-likeness (QED) is 0.361. The fourth-order valence-corrected chi connectivity index (χ4v) is 5.08. The molecule has 0 heterocycles. The number of amides is 3. The predicted octanol–water partition coefficient (Wildman–Crippen LogP) is 5.68. The Morgan fingerprint density at radius 2 is 1.81 bits per heavy atom. The molecule has 208 valence electrons. The van der Waals surface area contributed by atoms with Gasteiger partial charge in [-0.15, -0.1) is 0 Å². The Labute approximate surface area is 227 Å². The summed E-state index contributed by atoms with van der Waals surface area (Å²) in [5.41, 5.74) is 2.16. The number of hydrogen-bond donors (Lipinski definition) is 2. The van der Waals surface area contributed by atoms with Crippen molar-refractivity contribution >= 4 is 29.7 Å². The number of alkyl carbamates (subject to hydrolysis) is 1. The Morgan fingerprint density at radius 1 is 1.14 bits per heavy atom. The number of ether oxygens (including phenoxy) is 1. The highest BCUT2D eigenvalue weighted by molar-refractivity contribution is 7.98. The molecule has 0 aliphatic heterocycles. The van der Waals surface area contributed by atoms with Gasteiger partial charge in [0.05, 0.1) is 0 Å². The van der Waals surface area contributed by atoms with Crippen LogP contribution in [-0.2, 0) is 14.3 Å². The lowest BCUT2D eigenvalue weighted by Gasteiger charge is -2.44. The van der Waals surface area contributed by atoms with Crippen LogP contribution in [0.15, 0.2) is 18.2 Å². The highest BCUT2D eigenvalue weighted by Gasteiger charge is 2.42. The van der Waals surface area contributed by atoms with Crippen molar-refractivity contribution in [2.24, 2.45) is 0 Å². The molecule has 0 aromatic heterocycles. The van der Waals surface area contributed by atoms with Crippen LogP contribution in [0, 0.1) is 13.8 Å². The number of rotatable bonds is 12. The molecule has 0 saturated heterocycles. The van der Waals surface area contributed by atoms with Crippen LogP contribution in [0.3, 0.4) is 0 Å². The zero-order valence-corrected chi connectivity index (χ0v) is 24.8. The van der Waals surface area contributed by atoms with Crippen molar-refractivity contribution in [2.45, 2.75) is 117 Å². The van der Waals surface area contributed by atoms with Crippen molar-refractivity contribution in [1.82, 2.24) is 15.5 Å². The molecule has 1 aliphatic carbocycles. The average molecular weight is 534 g/mol. The summed E-state index contributed by atoms with van der Waals surface area (Å²) < 4.78 is 5.48. The molecular weight excluding hydrogens is 486 g/mol. The van der Waals surface area contributed by atoms with Gasteiger partial charge in [-0.3, -0.25) is 9.59 Å². The summed E-state index contributed by atoms with van der Waals surface area (Å²) in [5, 5.41) is 6.00. The molecule has 1 fully saturated rings. The van der Waals surface area contributed by atoms with Crippen molar-refractivity contribution in [3.63, 3.8) is 0 Å². The van der Waals surface area contributed by atoms with Crippen molar-refractivity contribution in [3.8, 4) is 0 Å². The summed E-state index contributed by atoms with van der Waals surface area (Å²) in [4.78, 5) is 42.7. The minimum Gasteiger partial charge on any atom is -0.444 e. The van der Waals surface area contributed by atoms with Crippen LogP contribution >= 0.6 is 11.8 Å². The monoisotopic (exact) mass is 533 g/mol. The van der Waals surface area contributed by atoms with Crippen molar-refractivity contribution < 1.29 is 19.1 Å². The van der Waals surface area contributed by atoms with E-state index < -0.39 is 23.8 Å². The summed E-state index contributed by atoms with van der Waals surface area (Å²) in [5.74, 6) is 0.295. The van der Waals surface area contributed by atoms with Gasteiger partial charge in [-0.05, 0) is 96.8 Å². The Kier molecular flexibility index (Phi) is 11.8. The fourth-order valence-electron chi connectivity index (χ4n) is 4.60. The minimum atomic E-state index is -0.781. The molecule has 0 spiro atoms. The Bertz CT molecular complexity index is 926. The number of benzene rings is 1. The molecule has 37 heavy (non-hydrogen) atoms. The molecule has 3 atom stereocenters. The molecule has 1 aromatic rings. The third kappa shape index (κ3) is 9.24. The second-order valence-electron chi connectivity index (χ2n) is 11.3. The molecule has 3 amide bonds. The fraction of sp³-hybridized carbons (Fsp3) is 0.690. The SMILES string of the molecule is CCCC(C)NC(=O)C(c1cc(C)ccc1C)N(C(=O)C(CCSC)NC(=O)OC(C)(C)C)C1CCC1. The van der Waals surface area contributed by atoms with Gasteiger partial charge in [-0.25, -0.2) is 4.79 Å². The van der Waals surface area contributed by atoms with Gasteiger partial charge in [0, 0.05) is 12.1 Å². The van der Waals surface area contributed by atoms with E-state index in [0.29, 0.717) is 12.2 Å². The van der Waals surface area contributed by atoms with Crippen LogP contribution in [0.2, 0.25) is 0 Å². The predicted molar refractivity (Wildman–Crippen MR) is 152 cm³/mol. The van der Waals surface area contributed by atoms with Gasteiger partial charge in [-0.1, -0.05) is 37.1 Å². The van der Waals surface area contributed by atoms with Crippen molar-refractivity contribution in [1.29, 1.82) is 0 Å². The summed E-state index contributed by atoms with van der Waals surface area (Å²) >= 11 is 1.61. The topological polar surface area (TPSA) is 87.7 Å². The maximum absolute atomic E-state index is 14.3. The minimum absolute atomic E-state index is 0.00404. The van der Waals surface area contributed by atoms with E-state index in [4.69, 9.17) is 4.74 Å². The second-order valence-corrected chi connectivity index (χ2v) is 12.3. The molecule has 1 aromatic carbocycles. The lowest BCUT2D eigenvalue weighted by atomic mass is 9.86. The smallest absolute Gasteiger partial charge is 0.408 e. The van der Waals surface area contributed by atoms with E-state index >= 15 is 0 Å². The van der Waals surface area contributed by atoms with E-state index in [1.165, 1.54) is 0 Å². The second kappa shape index (κ2) is 14.1. The molecule has 7 nitrogen and oxygen atoms in total. The highest BCUT2D eigenvalue weighted by atomic mass is 32.2. The number of thioether (sulfide) groups is 1. The van der Waals surface area contributed by atoms with Crippen molar-refractivity contribution in [2.75, 3.05) is 12.0 Å². The van der Waals surface area contributed by atoms with Gasteiger partial charge in [0.15, 0.2) is 0 Å². The molecule has 1 saturated carbocycles. The Balaban J connectivity index is 2.52. The van der Waals surface area contributed by atoms with Gasteiger partial charge >= 0.3 is 6.09 Å². The van der Waals surface area contributed by atoms with E-state index in [0.717, 1.165) is 48.8 Å². The van der Waals surface area contributed by atoms with E-state index in [9.17, 15) is 14.4 Å². The standard InChI is InChI=1S/C29H47N3O4S/c1-9-11-21(4)30-26(33)25(23-18-19(2)14-15-20(23)3)32(22-12-10-13-22)27(34)24(16-17-37-8)31-28(35)36-29(5,6)7/h14-15,18,21-22,24-25H,9-13,16-17H2,1-8H3,(H,30,33)(H,31,35). The number of hydrogen-bond acceptors (Lipinski definition) is 5. The van der Waals surface area contributed by atoms with Crippen LogP contribution in [0.4, 0.5) is 4.79 Å². The highest BCUT2D eigenvalue weighted by Crippen LogP contribution is 2.35. The third-order valence-electron chi connectivity index (χ3n) is 6.69. The number of nitrogens with one attached hydrogen (secondary N) is 2. The summed E-state index contributed by atoms with van der Waals surface area (Å²) in [6.07, 6.45) is 6.31. The van der Waals surface area contributed by atoms with Gasteiger partial charge in [0.2, 0.25) is 11.8 Å². The van der Waals surface area contributed by atoms with Crippen LogP contribution in [0.25, 0.3) is 0 Å². The van der Waals surface area contributed by atoms with Gasteiger partial charge < -0.3 is 20.3 Å². The summed E-state index contributed by atoms with van der Waals surface area (Å²) in [6.45, 7) is 13.5. The summed E-state index contributed by atoms with van der Waals surface area (Å²) in [6, 6.07) is 4.44. The lowest BCUT2D eigenvalue weighted by Crippen LogP contribution is -2.58. The maximum Gasteiger partial charge on any atom is 0.408 e. The zero-order valence-electron chi connectivity index (χ0n) is 24.0. The van der Waals surface area contributed by atoms with Crippen LogP contribution in [-0.4, -0.2) is 58.5 Å². The zero-order chi connectivity index (χ0) is 27.8. The first kappa shape index (κ1) is 31.0. The van der Waals surface area contributed by atoms with E-state index in [1.54, 1.807) is 37.4 Å². The third-order valence-corrected chi connectivity index (χ3v) is 7.33. The molecular formula is C29H47N3O4S. The number of carbonyl (C=O) groups excluding carboxylic acids is 3. The van der Waals surface area contributed by atoms with E-state index in [-0.39, 0.29) is 23.9 Å². The molecule has 3 unspecified atom stereocenters. The van der Waals surface area contributed by atoms with E-state index in [1.807, 2.05) is 45.2 Å². The first-order valence-corrected chi connectivity index (χ1v) is 15.0. The molecule has 8 heteroatoms. The Morgan fingerprint density at radius 3 is 2.35 bits per heavy atom. The molecule has 0 radical (unpaired) electrons. The first-order valence-electron chi connectivity index (χ1n) is 13.6. The van der Waals surface area contributed by atoms with Gasteiger partial charge in [0.1, 0.15) is 17.7 Å². The molecule has 2 rings (SSSR count). The van der Waals surface area contributed by atoms with Crippen LogP contribution < -0.4 is 10.6 Å². The van der Waals surface area contributed by atoms with Gasteiger partial charge in [0.25, 0.3) is 0 Å². The summed E-state index contributed by atoms with van der Waals surface area (Å²) in [7, 11) is 0. The number of nitrogens with zero attached hydrogens (tertiary/aromatic N) is 1. The average Bonchev–Trinajstić information content (AvgIpc) is 2.75. The normalized spacial score (nSPS) is 16.2. The van der Waals surface area contributed by atoms with Crippen LogP contribution in [0.5, 0.6) is 0 Å². The molecule has 2 N–H and O–H groups in total. The lowest BCUT2D eigenvalue weighted by molar-refractivity contribution is -0.147.